The lowest BCUT2D eigenvalue weighted by atomic mass is 10.1. The van der Waals surface area contributed by atoms with Gasteiger partial charge in [-0.3, -0.25) is 4.98 Å². The molecule has 2 aliphatic heterocycles. The normalized spacial score (nSPS) is 17.3. The Labute approximate surface area is 175 Å². The first-order valence-electron chi connectivity index (χ1n) is 10.6. The van der Waals surface area contributed by atoms with Crippen molar-refractivity contribution in [1.29, 1.82) is 0 Å². The van der Waals surface area contributed by atoms with Gasteiger partial charge in [0.05, 0.1) is 17.1 Å². The maximum atomic E-state index is 4.84. The molecule has 8 nitrogen and oxygen atoms in total. The Balaban J connectivity index is 1.51. The molecule has 0 atom stereocenters. The zero-order chi connectivity index (χ0) is 20.5. The van der Waals surface area contributed by atoms with Crippen molar-refractivity contribution >= 4 is 29.2 Å². The zero-order valence-electron chi connectivity index (χ0n) is 17.5. The molecule has 30 heavy (non-hydrogen) atoms. The van der Waals surface area contributed by atoms with Crippen molar-refractivity contribution in [2.45, 2.75) is 33.1 Å². The molecule has 0 spiro atoms. The number of rotatable bonds is 4. The van der Waals surface area contributed by atoms with Crippen LogP contribution < -0.4 is 10.2 Å². The van der Waals surface area contributed by atoms with Crippen LogP contribution in [-0.4, -0.2) is 55.7 Å². The van der Waals surface area contributed by atoms with E-state index < -0.39 is 0 Å². The standard InChI is InChI=1S/C22H26N8/c1-15-14-24-16(2)22-27-20(28-30(15)22)6-5-19-25-18(17-7-9-23-10-8-17)13-21(26-19)29-11-3-4-12-29/h5-7,13-14,23H,3-4,8-12H2,1-2H3/b6-5+. The van der Waals surface area contributed by atoms with Crippen molar-refractivity contribution in [3.05, 3.63) is 47.1 Å². The van der Waals surface area contributed by atoms with Crippen molar-refractivity contribution in [3.63, 3.8) is 0 Å². The molecule has 8 heteroatoms. The van der Waals surface area contributed by atoms with E-state index in [4.69, 9.17) is 9.97 Å². The van der Waals surface area contributed by atoms with Gasteiger partial charge in [0.2, 0.25) is 0 Å². The molecule has 0 unspecified atom stereocenters. The van der Waals surface area contributed by atoms with E-state index in [9.17, 15) is 0 Å². The second-order valence-corrected chi connectivity index (χ2v) is 7.87. The summed E-state index contributed by atoms with van der Waals surface area (Å²) in [5.74, 6) is 2.33. The molecule has 5 heterocycles. The monoisotopic (exact) mass is 402 g/mol. The molecule has 0 amide bonds. The fraction of sp³-hybridized carbons (Fsp3) is 0.409. The Morgan fingerprint density at radius 2 is 1.87 bits per heavy atom. The summed E-state index contributed by atoms with van der Waals surface area (Å²) in [6.07, 6.45) is 11.3. The fourth-order valence-electron chi connectivity index (χ4n) is 3.99. The van der Waals surface area contributed by atoms with E-state index in [0.29, 0.717) is 11.6 Å². The van der Waals surface area contributed by atoms with E-state index in [0.717, 1.165) is 61.1 Å². The number of aryl methyl sites for hydroxylation is 2. The molecule has 1 saturated heterocycles. The van der Waals surface area contributed by atoms with E-state index in [1.165, 1.54) is 18.4 Å². The average Bonchev–Trinajstić information content (AvgIpc) is 3.46. The lowest BCUT2D eigenvalue weighted by molar-refractivity contribution is 0.736. The van der Waals surface area contributed by atoms with Crippen molar-refractivity contribution in [2.24, 2.45) is 0 Å². The summed E-state index contributed by atoms with van der Waals surface area (Å²) in [4.78, 5) is 21.0. The third-order valence-electron chi connectivity index (χ3n) is 5.66. The van der Waals surface area contributed by atoms with Crippen molar-refractivity contribution in [3.8, 4) is 0 Å². The van der Waals surface area contributed by atoms with Crippen LogP contribution in [0.5, 0.6) is 0 Å². The number of hydrogen-bond donors (Lipinski definition) is 1. The molecule has 5 rings (SSSR count). The summed E-state index contributed by atoms with van der Waals surface area (Å²) in [5, 5.41) is 7.96. The minimum Gasteiger partial charge on any atom is -0.356 e. The van der Waals surface area contributed by atoms with Crippen LogP contribution >= 0.6 is 0 Å². The predicted molar refractivity (Wildman–Crippen MR) is 118 cm³/mol. The topological polar surface area (TPSA) is 84.1 Å². The Hall–Kier alpha value is -3.13. The number of nitrogens with zero attached hydrogens (tertiary/aromatic N) is 7. The lowest BCUT2D eigenvalue weighted by Gasteiger charge is -2.19. The second kappa shape index (κ2) is 7.95. The number of hydrogen-bond acceptors (Lipinski definition) is 7. The van der Waals surface area contributed by atoms with Gasteiger partial charge in [0, 0.05) is 31.9 Å². The molecule has 1 fully saturated rings. The highest BCUT2D eigenvalue weighted by atomic mass is 15.3. The van der Waals surface area contributed by atoms with Crippen LogP contribution in [0.2, 0.25) is 0 Å². The minimum atomic E-state index is 0.631. The molecule has 2 aliphatic rings. The number of nitrogens with one attached hydrogen (secondary N) is 1. The third-order valence-corrected chi connectivity index (χ3v) is 5.66. The quantitative estimate of drug-likeness (QED) is 0.718. The first-order chi connectivity index (χ1) is 14.7. The van der Waals surface area contributed by atoms with Gasteiger partial charge in [-0.05, 0) is 57.4 Å². The van der Waals surface area contributed by atoms with Gasteiger partial charge < -0.3 is 10.2 Å². The first kappa shape index (κ1) is 18.9. The molecule has 1 N–H and O–H groups in total. The average molecular weight is 403 g/mol. The van der Waals surface area contributed by atoms with E-state index in [2.05, 4.69) is 37.4 Å². The van der Waals surface area contributed by atoms with Gasteiger partial charge >= 0.3 is 0 Å². The maximum absolute atomic E-state index is 4.84. The van der Waals surface area contributed by atoms with Gasteiger partial charge in [-0.2, -0.15) is 0 Å². The summed E-state index contributed by atoms with van der Waals surface area (Å²) in [7, 11) is 0. The second-order valence-electron chi connectivity index (χ2n) is 7.87. The number of aromatic nitrogens is 6. The fourth-order valence-corrected chi connectivity index (χ4v) is 3.99. The first-order valence-corrected chi connectivity index (χ1v) is 10.6. The number of fused-ring (bicyclic) bond motifs is 1. The summed E-state index contributed by atoms with van der Waals surface area (Å²) >= 11 is 0. The van der Waals surface area contributed by atoms with Crippen molar-refractivity contribution < 1.29 is 0 Å². The summed E-state index contributed by atoms with van der Waals surface area (Å²) < 4.78 is 1.83. The maximum Gasteiger partial charge on any atom is 0.177 e. The van der Waals surface area contributed by atoms with Gasteiger partial charge in [-0.1, -0.05) is 6.08 Å². The molecule has 154 valence electrons. The third kappa shape index (κ3) is 3.70. The van der Waals surface area contributed by atoms with Gasteiger partial charge in [0.15, 0.2) is 17.3 Å². The summed E-state index contributed by atoms with van der Waals surface area (Å²) in [5.41, 5.74) is 4.90. The van der Waals surface area contributed by atoms with Gasteiger partial charge in [-0.25, -0.2) is 19.5 Å². The van der Waals surface area contributed by atoms with E-state index in [1.54, 1.807) is 0 Å². The highest BCUT2D eigenvalue weighted by Crippen LogP contribution is 2.25. The SMILES string of the molecule is Cc1ncc(C)n2nc(/C=C/c3nc(C4=CCNCC4)cc(N4CCCC4)n3)nc12. The lowest BCUT2D eigenvalue weighted by Crippen LogP contribution is -2.22. The van der Waals surface area contributed by atoms with Crippen LogP contribution in [0.1, 0.15) is 48.0 Å². The summed E-state index contributed by atoms with van der Waals surface area (Å²) in [6.45, 7) is 7.90. The number of anilines is 1. The van der Waals surface area contributed by atoms with Crippen LogP contribution in [0.3, 0.4) is 0 Å². The van der Waals surface area contributed by atoms with Gasteiger partial charge in [0.1, 0.15) is 5.82 Å². The molecule has 3 aromatic heterocycles. The van der Waals surface area contributed by atoms with Crippen LogP contribution in [0.15, 0.2) is 18.3 Å². The van der Waals surface area contributed by atoms with Gasteiger partial charge in [-0.15, -0.1) is 5.10 Å². The Kier molecular flexibility index (Phi) is 5.00. The summed E-state index contributed by atoms with van der Waals surface area (Å²) in [6, 6.07) is 2.14. The molecule has 0 saturated carbocycles. The zero-order valence-corrected chi connectivity index (χ0v) is 17.5. The Morgan fingerprint density at radius 3 is 2.63 bits per heavy atom. The van der Waals surface area contributed by atoms with Crippen molar-refractivity contribution in [2.75, 3.05) is 31.1 Å². The van der Waals surface area contributed by atoms with Crippen LogP contribution in [0.25, 0.3) is 23.4 Å². The Bertz CT molecular complexity index is 1100. The smallest absolute Gasteiger partial charge is 0.177 e. The van der Waals surface area contributed by atoms with Crippen LogP contribution in [0.4, 0.5) is 5.82 Å². The molecular formula is C22H26N8. The highest BCUT2D eigenvalue weighted by Gasteiger charge is 2.17. The van der Waals surface area contributed by atoms with Gasteiger partial charge in [0.25, 0.3) is 0 Å². The highest BCUT2D eigenvalue weighted by molar-refractivity contribution is 5.70. The minimum absolute atomic E-state index is 0.631. The van der Waals surface area contributed by atoms with Crippen LogP contribution in [-0.2, 0) is 0 Å². The van der Waals surface area contributed by atoms with E-state index in [-0.39, 0.29) is 0 Å². The molecular weight excluding hydrogens is 376 g/mol. The molecule has 0 radical (unpaired) electrons. The Morgan fingerprint density at radius 1 is 1.03 bits per heavy atom. The molecule has 0 aromatic carbocycles. The molecule has 3 aromatic rings. The van der Waals surface area contributed by atoms with Crippen molar-refractivity contribution in [1.82, 2.24) is 34.9 Å². The van der Waals surface area contributed by atoms with Crippen LogP contribution in [0, 0.1) is 13.8 Å². The predicted octanol–water partition coefficient (Wildman–Crippen LogP) is 2.68. The molecule has 0 bridgehead atoms. The van der Waals surface area contributed by atoms with E-state index >= 15 is 0 Å². The largest absolute Gasteiger partial charge is 0.356 e. The molecule has 0 aliphatic carbocycles. The van der Waals surface area contributed by atoms with E-state index in [1.807, 2.05) is 36.7 Å².